The highest BCUT2D eigenvalue weighted by atomic mass is 79.9. The van der Waals surface area contributed by atoms with Crippen LogP contribution in [0.2, 0.25) is 0 Å². The standard InChI is InChI=1S/C12H13BrFN3O2S/c1-17-7-6-15-12(17)4-5-16-20(18,19)11-3-2-9(13)8-10(11)14/h2-3,6-8,16H,4-5H2,1H3. The van der Waals surface area contributed by atoms with Gasteiger partial charge in [0.2, 0.25) is 10.0 Å². The van der Waals surface area contributed by atoms with Crippen molar-refractivity contribution in [1.82, 2.24) is 14.3 Å². The molecular formula is C12H13BrFN3O2S. The van der Waals surface area contributed by atoms with Gasteiger partial charge in [-0.2, -0.15) is 0 Å². The van der Waals surface area contributed by atoms with Gasteiger partial charge in [-0.15, -0.1) is 0 Å². The van der Waals surface area contributed by atoms with Gasteiger partial charge < -0.3 is 4.57 Å². The zero-order valence-electron chi connectivity index (χ0n) is 10.7. The van der Waals surface area contributed by atoms with Crippen LogP contribution in [-0.4, -0.2) is 24.5 Å². The molecule has 0 bridgehead atoms. The Balaban J connectivity index is 2.06. The lowest BCUT2D eigenvalue weighted by Crippen LogP contribution is -2.27. The molecule has 5 nitrogen and oxygen atoms in total. The maximum absolute atomic E-state index is 13.6. The molecule has 0 atom stereocenters. The number of hydrogen-bond acceptors (Lipinski definition) is 3. The SMILES string of the molecule is Cn1ccnc1CCNS(=O)(=O)c1ccc(Br)cc1F. The Morgan fingerprint density at radius 3 is 2.80 bits per heavy atom. The number of sulfonamides is 1. The number of aromatic nitrogens is 2. The molecule has 0 unspecified atom stereocenters. The van der Waals surface area contributed by atoms with E-state index in [-0.39, 0.29) is 11.4 Å². The van der Waals surface area contributed by atoms with E-state index in [9.17, 15) is 12.8 Å². The molecule has 1 aromatic heterocycles. The quantitative estimate of drug-likeness (QED) is 0.883. The third kappa shape index (κ3) is 3.44. The number of halogens is 2. The highest BCUT2D eigenvalue weighted by Crippen LogP contribution is 2.19. The second kappa shape index (κ2) is 6.02. The van der Waals surface area contributed by atoms with Gasteiger partial charge in [0.25, 0.3) is 0 Å². The molecule has 2 aromatic rings. The van der Waals surface area contributed by atoms with Crippen LogP contribution >= 0.6 is 15.9 Å². The van der Waals surface area contributed by atoms with Crippen LogP contribution in [-0.2, 0) is 23.5 Å². The molecule has 2 rings (SSSR count). The summed E-state index contributed by atoms with van der Waals surface area (Å²) in [6.07, 6.45) is 3.84. The summed E-state index contributed by atoms with van der Waals surface area (Å²) < 4.78 is 42.3. The van der Waals surface area contributed by atoms with E-state index in [0.29, 0.717) is 10.9 Å². The first kappa shape index (κ1) is 15.1. The fraction of sp³-hybridized carbons (Fsp3) is 0.250. The van der Waals surface area contributed by atoms with E-state index in [1.807, 2.05) is 7.05 Å². The summed E-state index contributed by atoms with van der Waals surface area (Å²) in [5.41, 5.74) is 0. The lowest BCUT2D eigenvalue weighted by atomic mass is 10.3. The van der Waals surface area contributed by atoms with Crippen molar-refractivity contribution in [1.29, 1.82) is 0 Å². The molecule has 0 fully saturated rings. The lowest BCUT2D eigenvalue weighted by molar-refractivity contribution is 0.556. The highest BCUT2D eigenvalue weighted by Gasteiger charge is 2.18. The van der Waals surface area contributed by atoms with Gasteiger partial charge in [0.05, 0.1) is 0 Å². The molecule has 0 saturated heterocycles. The summed E-state index contributed by atoms with van der Waals surface area (Å²) in [5, 5.41) is 0. The van der Waals surface area contributed by atoms with E-state index >= 15 is 0 Å². The number of rotatable bonds is 5. The van der Waals surface area contributed by atoms with E-state index < -0.39 is 15.8 Å². The Bertz CT molecular complexity index is 715. The molecule has 0 amide bonds. The van der Waals surface area contributed by atoms with E-state index in [0.717, 1.165) is 11.9 Å². The van der Waals surface area contributed by atoms with Crippen molar-refractivity contribution in [2.75, 3.05) is 6.54 Å². The topological polar surface area (TPSA) is 64.0 Å². The molecule has 20 heavy (non-hydrogen) atoms. The molecule has 1 N–H and O–H groups in total. The van der Waals surface area contributed by atoms with E-state index in [1.165, 1.54) is 12.1 Å². The Morgan fingerprint density at radius 1 is 1.45 bits per heavy atom. The highest BCUT2D eigenvalue weighted by molar-refractivity contribution is 9.10. The molecule has 0 saturated carbocycles. The van der Waals surface area contributed by atoms with Gasteiger partial charge in [-0.1, -0.05) is 15.9 Å². The maximum atomic E-state index is 13.6. The lowest BCUT2D eigenvalue weighted by Gasteiger charge is -2.08. The summed E-state index contributed by atoms with van der Waals surface area (Å²) in [6.45, 7) is 0.155. The van der Waals surface area contributed by atoms with E-state index in [1.54, 1.807) is 17.0 Å². The Labute approximate surface area is 125 Å². The Morgan fingerprint density at radius 2 is 2.20 bits per heavy atom. The van der Waals surface area contributed by atoms with E-state index in [4.69, 9.17) is 0 Å². The largest absolute Gasteiger partial charge is 0.338 e. The van der Waals surface area contributed by atoms with Crippen LogP contribution in [0.15, 0.2) is 40.0 Å². The summed E-state index contributed by atoms with van der Waals surface area (Å²) in [5.74, 6) is -0.0344. The van der Waals surface area contributed by atoms with Gasteiger partial charge in [0, 0.05) is 36.9 Å². The number of nitrogens with one attached hydrogen (secondary N) is 1. The van der Waals surface area contributed by atoms with Crippen LogP contribution in [0.1, 0.15) is 5.82 Å². The Hall–Kier alpha value is -1.25. The predicted molar refractivity (Wildman–Crippen MR) is 76.2 cm³/mol. The first-order valence-corrected chi connectivity index (χ1v) is 8.09. The van der Waals surface area contributed by atoms with Gasteiger partial charge in [-0.25, -0.2) is 22.5 Å². The van der Waals surface area contributed by atoms with Crippen LogP contribution in [0.5, 0.6) is 0 Å². The third-order valence-corrected chi connectivity index (χ3v) is 4.73. The minimum atomic E-state index is -3.86. The number of hydrogen-bond donors (Lipinski definition) is 1. The summed E-state index contributed by atoms with van der Waals surface area (Å²) >= 11 is 3.08. The average molecular weight is 362 g/mol. The zero-order chi connectivity index (χ0) is 14.8. The maximum Gasteiger partial charge on any atom is 0.243 e. The van der Waals surface area contributed by atoms with Crippen LogP contribution in [0, 0.1) is 5.82 Å². The first-order valence-electron chi connectivity index (χ1n) is 5.81. The summed E-state index contributed by atoms with van der Waals surface area (Å²) in [7, 11) is -2.03. The van der Waals surface area contributed by atoms with E-state index in [2.05, 4.69) is 25.6 Å². The summed E-state index contributed by atoms with van der Waals surface area (Å²) in [6, 6.07) is 3.83. The van der Waals surface area contributed by atoms with Gasteiger partial charge >= 0.3 is 0 Å². The molecule has 1 aromatic carbocycles. The number of benzene rings is 1. The monoisotopic (exact) mass is 361 g/mol. The fourth-order valence-electron chi connectivity index (χ4n) is 1.71. The van der Waals surface area contributed by atoms with Crippen molar-refractivity contribution >= 4 is 26.0 Å². The van der Waals surface area contributed by atoms with Crippen LogP contribution in [0.25, 0.3) is 0 Å². The van der Waals surface area contributed by atoms with Crippen molar-refractivity contribution in [2.45, 2.75) is 11.3 Å². The molecule has 8 heteroatoms. The number of imidazole rings is 1. The van der Waals surface area contributed by atoms with Crippen molar-refractivity contribution < 1.29 is 12.8 Å². The molecule has 0 aliphatic carbocycles. The average Bonchev–Trinajstić information content (AvgIpc) is 2.74. The number of aryl methyl sites for hydroxylation is 1. The minimum Gasteiger partial charge on any atom is -0.338 e. The Kier molecular flexibility index (Phi) is 4.56. The van der Waals surface area contributed by atoms with Crippen molar-refractivity contribution in [3.8, 4) is 0 Å². The van der Waals surface area contributed by atoms with Gasteiger partial charge in [0.1, 0.15) is 16.5 Å². The molecule has 108 valence electrons. The smallest absolute Gasteiger partial charge is 0.243 e. The van der Waals surface area contributed by atoms with Crippen LogP contribution in [0.4, 0.5) is 4.39 Å². The van der Waals surface area contributed by atoms with Gasteiger partial charge in [0.15, 0.2) is 0 Å². The van der Waals surface area contributed by atoms with Gasteiger partial charge in [-0.3, -0.25) is 0 Å². The van der Waals surface area contributed by atoms with Gasteiger partial charge in [-0.05, 0) is 18.2 Å². The number of nitrogens with zero attached hydrogens (tertiary/aromatic N) is 2. The van der Waals surface area contributed by atoms with Crippen molar-refractivity contribution in [3.05, 3.63) is 46.7 Å². The molecule has 0 aliphatic rings. The minimum absolute atomic E-state index is 0.155. The second-order valence-corrected chi connectivity index (χ2v) is 6.83. The van der Waals surface area contributed by atoms with Crippen molar-refractivity contribution in [2.24, 2.45) is 7.05 Å². The third-order valence-electron chi connectivity index (χ3n) is 2.75. The normalized spacial score (nSPS) is 11.8. The predicted octanol–water partition coefficient (Wildman–Crippen LogP) is 1.84. The van der Waals surface area contributed by atoms with Crippen molar-refractivity contribution in [3.63, 3.8) is 0 Å². The molecule has 0 radical (unpaired) electrons. The first-order chi connectivity index (χ1) is 9.40. The van der Waals surface area contributed by atoms with Crippen LogP contribution in [0.3, 0.4) is 0 Å². The zero-order valence-corrected chi connectivity index (χ0v) is 13.1. The molecular weight excluding hydrogens is 349 g/mol. The molecule has 0 spiro atoms. The summed E-state index contributed by atoms with van der Waals surface area (Å²) in [4.78, 5) is 3.72. The molecule has 0 aliphatic heterocycles. The molecule has 1 heterocycles. The fourth-order valence-corrected chi connectivity index (χ4v) is 3.13. The van der Waals surface area contributed by atoms with Crippen LogP contribution < -0.4 is 4.72 Å². The second-order valence-electron chi connectivity index (χ2n) is 4.18.